The molecular formula is C12H16Cl2N2. The molecule has 1 saturated heterocycles. The van der Waals surface area contributed by atoms with Crippen LogP contribution in [0, 0.1) is 0 Å². The van der Waals surface area contributed by atoms with E-state index in [1.807, 2.05) is 12.1 Å². The van der Waals surface area contributed by atoms with Gasteiger partial charge in [-0.15, -0.1) is 0 Å². The fraction of sp³-hybridized carbons (Fsp3) is 0.500. The lowest BCUT2D eigenvalue weighted by molar-refractivity contribution is 0.574. The molecule has 1 aliphatic rings. The van der Waals surface area contributed by atoms with Crippen molar-refractivity contribution < 1.29 is 0 Å². The van der Waals surface area contributed by atoms with Crippen LogP contribution in [0.3, 0.4) is 0 Å². The molecule has 1 unspecified atom stereocenters. The van der Waals surface area contributed by atoms with Crippen LogP contribution in [-0.4, -0.2) is 19.1 Å². The maximum atomic E-state index is 5.92. The van der Waals surface area contributed by atoms with Crippen molar-refractivity contribution in [1.82, 2.24) is 5.32 Å². The Kier molecular flexibility index (Phi) is 4.33. The summed E-state index contributed by atoms with van der Waals surface area (Å²) in [4.78, 5) is 0. The number of halogens is 2. The predicted molar refractivity (Wildman–Crippen MR) is 70.6 cm³/mol. The zero-order valence-electron chi connectivity index (χ0n) is 9.10. The fourth-order valence-electron chi connectivity index (χ4n) is 2.05. The van der Waals surface area contributed by atoms with E-state index < -0.39 is 0 Å². The molecule has 0 spiro atoms. The van der Waals surface area contributed by atoms with Gasteiger partial charge in [0, 0.05) is 28.3 Å². The van der Waals surface area contributed by atoms with Gasteiger partial charge in [0.05, 0.1) is 0 Å². The maximum Gasteiger partial charge on any atom is 0.0441 e. The van der Waals surface area contributed by atoms with Crippen molar-refractivity contribution in [3.05, 3.63) is 28.2 Å². The topological polar surface area (TPSA) is 24.1 Å². The SMILES string of the molecule is Clc1cc(Cl)cc(NCCC2CCCN2)c1. The Labute approximate surface area is 106 Å². The average Bonchev–Trinajstić information content (AvgIpc) is 2.69. The molecule has 0 aliphatic carbocycles. The molecule has 0 radical (unpaired) electrons. The van der Waals surface area contributed by atoms with Gasteiger partial charge in [-0.3, -0.25) is 0 Å². The van der Waals surface area contributed by atoms with Crippen molar-refractivity contribution in [2.24, 2.45) is 0 Å². The van der Waals surface area contributed by atoms with Crippen LogP contribution in [0.5, 0.6) is 0 Å². The summed E-state index contributed by atoms with van der Waals surface area (Å²) in [7, 11) is 0. The Hall–Kier alpha value is -0.440. The summed E-state index contributed by atoms with van der Waals surface area (Å²) in [6.45, 7) is 2.11. The van der Waals surface area contributed by atoms with Gasteiger partial charge in [0.15, 0.2) is 0 Å². The average molecular weight is 259 g/mol. The van der Waals surface area contributed by atoms with Gasteiger partial charge in [-0.2, -0.15) is 0 Å². The van der Waals surface area contributed by atoms with Gasteiger partial charge in [-0.05, 0) is 44.0 Å². The third kappa shape index (κ3) is 3.55. The molecule has 2 nitrogen and oxygen atoms in total. The minimum absolute atomic E-state index is 0.669. The van der Waals surface area contributed by atoms with Gasteiger partial charge in [0.2, 0.25) is 0 Å². The summed E-state index contributed by atoms with van der Waals surface area (Å²) in [6, 6.07) is 6.21. The van der Waals surface area contributed by atoms with Gasteiger partial charge in [0.1, 0.15) is 0 Å². The van der Waals surface area contributed by atoms with E-state index in [-0.39, 0.29) is 0 Å². The summed E-state index contributed by atoms with van der Waals surface area (Å²) in [6.07, 6.45) is 3.73. The molecular weight excluding hydrogens is 243 g/mol. The molecule has 0 aromatic heterocycles. The summed E-state index contributed by atoms with van der Waals surface area (Å²) in [5.41, 5.74) is 0.996. The van der Waals surface area contributed by atoms with E-state index in [1.165, 1.54) is 12.8 Å². The molecule has 2 N–H and O–H groups in total. The second kappa shape index (κ2) is 5.76. The lowest BCUT2D eigenvalue weighted by Crippen LogP contribution is -2.24. The van der Waals surface area contributed by atoms with Crippen LogP contribution < -0.4 is 10.6 Å². The molecule has 1 atom stereocenters. The molecule has 1 heterocycles. The lowest BCUT2D eigenvalue weighted by atomic mass is 10.1. The van der Waals surface area contributed by atoms with Crippen LogP contribution in [0.1, 0.15) is 19.3 Å². The molecule has 1 aromatic rings. The van der Waals surface area contributed by atoms with E-state index in [1.54, 1.807) is 6.07 Å². The van der Waals surface area contributed by atoms with Crippen molar-refractivity contribution in [1.29, 1.82) is 0 Å². The molecule has 0 saturated carbocycles. The lowest BCUT2D eigenvalue weighted by Gasteiger charge is -2.12. The maximum absolute atomic E-state index is 5.92. The third-order valence-corrected chi connectivity index (χ3v) is 3.28. The number of hydrogen-bond donors (Lipinski definition) is 2. The molecule has 1 fully saturated rings. The highest BCUT2D eigenvalue weighted by molar-refractivity contribution is 6.35. The van der Waals surface area contributed by atoms with Crippen LogP contribution in [-0.2, 0) is 0 Å². The first kappa shape index (κ1) is 12.0. The highest BCUT2D eigenvalue weighted by Crippen LogP contribution is 2.22. The summed E-state index contributed by atoms with van der Waals surface area (Å²) >= 11 is 11.8. The summed E-state index contributed by atoms with van der Waals surface area (Å²) < 4.78 is 0. The van der Waals surface area contributed by atoms with Crippen LogP contribution >= 0.6 is 23.2 Å². The normalized spacial score (nSPS) is 20.0. The molecule has 4 heteroatoms. The molecule has 1 aromatic carbocycles. The Morgan fingerprint density at radius 3 is 2.62 bits per heavy atom. The first-order valence-corrected chi connectivity index (χ1v) is 6.43. The first-order valence-electron chi connectivity index (χ1n) is 5.67. The van der Waals surface area contributed by atoms with Crippen molar-refractivity contribution in [3.8, 4) is 0 Å². The molecule has 1 aliphatic heterocycles. The fourth-order valence-corrected chi connectivity index (χ4v) is 2.58. The second-order valence-corrected chi connectivity index (χ2v) is 5.04. The van der Waals surface area contributed by atoms with Gasteiger partial charge in [-0.1, -0.05) is 23.2 Å². The molecule has 0 amide bonds. The van der Waals surface area contributed by atoms with Crippen LogP contribution in [0.4, 0.5) is 5.69 Å². The number of benzene rings is 1. The van der Waals surface area contributed by atoms with E-state index >= 15 is 0 Å². The van der Waals surface area contributed by atoms with E-state index in [9.17, 15) is 0 Å². The quantitative estimate of drug-likeness (QED) is 0.864. The van der Waals surface area contributed by atoms with Gasteiger partial charge < -0.3 is 10.6 Å². The third-order valence-electron chi connectivity index (χ3n) is 2.85. The molecule has 16 heavy (non-hydrogen) atoms. The zero-order chi connectivity index (χ0) is 11.4. The minimum Gasteiger partial charge on any atom is -0.385 e. The van der Waals surface area contributed by atoms with Crippen molar-refractivity contribution >= 4 is 28.9 Å². The highest BCUT2D eigenvalue weighted by Gasteiger charge is 2.12. The van der Waals surface area contributed by atoms with Crippen LogP contribution in [0.15, 0.2) is 18.2 Å². The van der Waals surface area contributed by atoms with Gasteiger partial charge >= 0.3 is 0 Å². The van der Waals surface area contributed by atoms with Crippen LogP contribution in [0.2, 0.25) is 10.0 Å². The molecule has 0 bridgehead atoms. The number of nitrogens with one attached hydrogen (secondary N) is 2. The molecule has 88 valence electrons. The van der Waals surface area contributed by atoms with Crippen molar-refractivity contribution in [3.63, 3.8) is 0 Å². The Bertz CT molecular complexity index is 329. The minimum atomic E-state index is 0.669. The summed E-state index contributed by atoms with van der Waals surface area (Å²) in [5.74, 6) is 0. The van der Waals surface area contributed by atoms with E-state index in [2.05, 4.69) is 10.6 Å². The summed E-state index contributed by atoms with van der Waals surface area (Å²) in [5, 5.41) is 8.17. The van der Waals surface area contributed by atoms with Crippen molar-refractivity contribution in [2.45, 2.75) is 25.3 Å². The second-order valence-electron chi connectivity index (χ2n) is 4.17. The number of hydrogen-bond acceptors (Lipinski definition) is 2. The standard InChI is InChI=1S/C12H16Cl2N2/c13-9-6-10(14)8-12(7-9)16-5-3-11-2-1-4-15-11/h6-8,11,15-16H,1-5H2. The van der Waals surface area contributed by atoms with Crippen molar-refractivity contribution in [2.75, 3.05) is 18.4 Å². The van der Waals surface area contributed by atoms with E-state index in [4.69, 9.17) is 23.2 Å². The Morgan fingerprint density at radius 1 is 1.25 bits per heavy atom. The predicted octanol–water partition coefficient (Wildman–Crippen LogP) is 3.55. The van der Waals surface area contributed by atoms with Crippen LogP contribution in [0.25, 0.3) is 0 Å². The largest absolute Gasteiger partial charge is 0.385 e. The number of rotatable bonds is 4. The monoisotopic (exact) mass is 258 g/mol. The van der Waals surface area contributed by atoms with E-state index in [0.29, 0.717) is 16.1 Å². The van der Waals surface area contributed by atoms with Gasteiger partial charge in [-0.25, -0.2) is 0 Å². The number of anilines is 1. The smallest absolute Gasteiger partial charge is 0.0441 e. The highest BCUT2D eigenvalue weighted by atomic mass is 35.5. The van der Waals surface area contributed by atoms with Gasteiger partial charge in [0.25, 0.3) is 0 Å². The van der Waals surface area contributed by atoms with E-state index in [0.717, 1.165) is 25.2 Å². The Morgan fingerprint density at radius 2 is 2.00 bits per heavy atom. The molecule has 2 rings (SSSR count). The zero-order valence-corrected chi connectivity index (χ0v) is 10.6. The first-order chi connectivity index (χ1) is 7.74. The Balaban J connectivity index is 1.80.